The molecule has 2 heterocycles. The van der Waals surface area contributed by atoms with Gasteiger partial charge in [-0.15, -0.1) is 0 Å². The third-order valence-electron chi connectivity index (χ3n) is 4.79. The van der Waals surface area contributed by atoms with E-state index in [2.05, 4.69) is 50.3 Å². The number of carbonyl (C=O) groups excluding carboxylic acids is 1. The summed E-state index contributed by atoms with van der Waals surface area (Å²) in [5.41, 5.74) is 8.00. The SMILES string of the molecule is CCC1=C(C)C(=O)N/C1=C\c1[nH]c(C)c([C@@H](C)CCSC)c1C. The number of aryl methyl sites for hydroxylation is 1. The van der Waals surface area contributed by atoms with Crippen molar-refractivity contribution in [2.24, 2.45) is 0 Å². The molecule has 1 aromatic heterocycles. The van der Waals surface area contributed by atoms with Gasteiger partial charge in [0.15, 0.2) is 0 Å². The standard InChI is InChI=1S/C19H28N2OS/c1-7-15-12(3)19(22)21-17(15)10-16-13(4)18(14(5)20-16)11(2)8-9-23-6/h10-11,20H,7-9H2,1-6H3,(H,21,22)/b17-10-/t11-/m0/s1. The number of hydrogen-bond donors (Lipinski definition) is 2. The van der Waals surface area contributed by atoms with Crippen molar-refractivity contribution in [1.29, 1.82) is 0 Å². The van der Waals surface area contributed by atoms with Crippen LogP contribution >= 0.6 is 11.8 Å². The van der Waals surface area contributed by atoms with Gasteiger partial charge in [-0.05, 0) is 74.3 Å². The molecular weight excluding hydrogens is 304 g/mol. The molecule has 2 N–H and O–H groups in total. The van der Waals surface area contributed by atoms with E-state index in [1.807, 2.05) is 18.7 Å². The second-order valence-electron chi connectivity index (χ2n) is 6.35. The van der Waals surface area contributed by atoms with E-state index in [0.717, 1.165) is 29.0 Å². The monoisotopic (exact) mass is 332 g/mol. The normalized spacial score (nSPS) is 18.0. The number of aromatic nitrogens is 1. The molecule has 1 atom stereocenters. The molecule has 3 nitrogen and oxygen atoms in total. The van der Waals surface area contributed by atoms with Crippen molar-refractivity contribution in [3.05, 3.63) is 39.4 Å². The Morgan fingerprint density at radius 1 is 1.26 bits per heavy atom. The van der Waals surface area contributed by atoms with E-state index in [-0.39, 0.29) is 5.91 Å². The highest BCUT2D eigenvalue weighted by Crippen LogP contribution is 2.32. The first-order valence-corrected chi connectivity index (χ1v) is 9.71. The van der Waals surface area contributed by atoms with Crippen LogP contribution in [0.4, 0.5) is 0 Å². The summed E-state index contributed by atoms with van der Waals surface area (Å²) in [6.07, 6.45) is 6.31. The zero-order valence-corrected chi connectivity index (χ0v) is 15.9. The summed E-state index contributed by atoms with van der Waals surface area (Å²) in [6.45, 7) is 10.6. The van der Waals surface area contributed by atoms with Crippen LogP contribution < -0.4 is 5.32 Å². The number of hydrogen-bond acceptors (Lipinski definition) is 2. The Morgan fingerprint density at radius 3 is 2.57 bits per heavy atom. The average Bonchev–Trinajstić information content (AvgIpc) is 2.93. The van der Waals surface area contributed by atoms with Crippen molar-refractivity contribution < 1.29 is 4.79 Å². The highest BCUT2D eigenvalue weighted by atomic mass is 32.2. The first-order valence-electron chi connectivity index (χ1n) is 8.31. The maximum Gasteiger partial charge on any atom is 0.251 e. The lowest BCUT2D eigenvalue weighted by Gasteiger charge is -2.12. The topological polar surface area (TPSA) is 44.9 Å². The van der Waals surface area contributed by atoms with Crippen molar-refractivity contribution in [1.82, 2.24) is 10.3 Å². The van der Waals surface area contributed by atoms with E-state index >= 15 is 0 Å². The minimum Gasteiger partial charge on any atom is -0.359 e. The molecule has 0 saturated carbocycles. The summed E-state index contributed by atoms with van der Waals surface area (Å²) < 4.78 is 0. The van der Waals surface area contributed by atoms with Gasteiger partial charge in [0.1, 0.15) is 0 Å². The van der Waals surface area contributed by atoms with Crippen LogP contribution in [0.3, 0.4) is 0 Å². The molecule has 0 bridgehead atoms. The fraction of sp³-hybridized carbons (Fsp3) is 0.526. The molecule has 1 aliphatic heterocycles. The molecular formula is C19H28N2OS. The zero-order valence-electron chi connectivity index (χ0n) is 15.1. The van der Waals surface area contributed by atoms with Crippen molar-refractivity contribution in [3.63, 3.8) is 0 Å². The molecule has 0 unspecified atom stereocenters. The molecule has 0 fully saturated rings. The molecule has 0 spiro atoms. The number of rotatable bonds is 6. The quantitative estimate of drug-likeness (QED) is 0.794. The van der Waals surface area contributed by atoms with E-state index in [4.69, 9.17) is 0 Å². The summed E-state index contributed by atoms with van der Waals surface area (Å²) in [5, 5.41) is 3.00. The summed E-state index contributed by atoms with van der Waals surface area (Å²) in [5.74, 6) is 1.76. The van der Waals surface area contributed by atoms with Gasteiger partial charge in [-0.3, -0.25) is 4.79 Å². The largest absolute Gasteiger partial charge is 0.359 e. The Hall–Kier alpha value is -1.42. The third kappa shape index (κ3) is 3.57. The first-order chi connectivity index (χ1) is 10.9. The number of nitrogens with one attached hydrogen (secondary N) is 2. The van der Waals surface area contributed by atoms with Gasteiger partial charge >= 0.3 is 0 Å². The van der Waals surface area contributed by atoms with E-state index in [1.54, 1.807) is 0 Å². The average molecular weight is 333 g/mol. The molecule has 1 aromatic rings. The first kappa shape index (κ1) is 17.9. The number of H-pyrrole nitrogens is 1. The molecule has 0 aromatic carbocycles. The number of allylic oxidation sites excluding steroid dienone is 1. The van der Waals surface area contributed by atoms with Crippen LogP contribution in [0, 0.1) is 13.8 Å². The van der Waals surface area contributed by atoms with Gasteiger partial charge in [-0.25, -0.2) is 0 Å². The van der Waals surface area contributed by atoms with Crippen LogP contribution in [0.15, 0.2) is 16.8 Å². The van der Waals surface area contributed by atoms with Crippen LogP contribution in [0.2, 0.25) is 0 Å². The number of aromatic amines is 1. The summed E-state index contributed by atoms with van der Waals surface area (Å²) in [6, 6.07) is 0. The smallest absolute Gasteiger partial charge is 0.251 e. The molecule has 0 radical (unpaired) electrons. The van der Waals surface area contributed by atoms with Crippen LogP contribution in [-0.2, 0) is 4.79 Å². The number of carbonyl (C=O) groups is 1. The summed E-state index contributed by atoms with van der Waals surface area (Å²) in [7, 11) is 0. The van der Waals surface area contributed by atoms with Gasteiger partial charge in [0.2, 0.25) is 0 Å². The predicted molar refractivity (Wildman–Crippen MR) is 101 cm³/mol. The highest BCUT2D eigenvalue weighted by Gasteiger charge is 2.23. The Bertz CT molecular complexity index is 667. The molecule has 23 heavy (non-hydrogen) atoms. The molecule has 0 saturated heterocycles. The van der Waals surface area contributed by atoms with E-state index in [9.17, 15) is 4.79 Å². The minimum absolute atomic E-state index is 0.0302. The van der Waals surface area contributed by atoms with E-state index < -0.39 is 0 Å². The number of amides is 1. The fourth-order valence-electron chi connectivity index (χ4n) is 3.47. The van der Waals surface area contributed by atoms with Gasteiger partial charge in [0.05, 0.1) is 0 Å². The van der Waals surface area contributed by atoms with Crippen LogP contribution in [-0.4, -0.2) is 22.9 Å². The molecule has 2 rings (SSSR count). The van der Waals surface area contributed by atoms with E-state index in [0.29, 0.717) is 5.92 Å². The van der Waals surface area contributed by atoms with Gasteiger partial charge < -0.3 is 10.3 Å². The third-order valence-corrected chi connectivity index (χ3v) is 5.43. The Balaban J connectivity index is 2.36. The highest BCUT2D eigenvalue weighted by molar-refractivity contribution is 7.98. The van der Waals surface area contributed by atoms with Crippen molar-refractivity contribution in [2.75, 3.05) is 12.0 Å². The predicted octanol–water partition coefficient (Wildman–Crippen LogP) is 4.69. The fourth-order valence-corrected chi connectivity index (χ4v) is 4.05. The molecule has 0 aliphatic carbocycles. The Labute approximate surface area is 144 Å². The van der Waals surface area contributed by atoms with Crippen LogP contribution in [0.1, 0.15) is 62.0 Å². The zero-order chi connectivity index (χ0) is 17.1. The molecule has 126 valence electrons. The lowest BCUT2D eigenvalue weighted by Crippen LogP contribution is -2.15. The summed E-state index contributed by atoms with van der Waals surface area (Å²) in [4.78, 5) is 15.4. The Morgan fingerprint density at radius 2 is 1.96 bits per heavy atom. The van der Waals surface area contributed by atoms with E-state index in [1.165, 1.54) is 29.0 Å². The maximum atomic E-state index is 11.9. The summed E-state index contributed by atoms with van der Waals surface area (Å²) >= 11 is 1.90. The van der Waals surface area contributed by atoms with Gasteiger partial charge in [-0.1, -0.05) is 13.8 Å². The minimum atomic E-state index is 0.0302. The van der Waals surface area contributed by atoms with Gasteiger partial charge in [0, 0.05) is 22.7 Å². The Kier molecular flexibility index (Phi) is 5.79. The van der Waals surface area contributed by atoms with Gasteiger partial charge in [0.25, 0.3) is 5.91 Å². The maximum absolute atomic E-state index is 11.9. The second kappa shape index (κ2) is 7.43. The van der Waals surface area contributed by atoms with Crippen LogP contribution in [0.25, 0.3) is 6.08 Å². The van der Waals surface area contributed by atoms with Crippen molar-refractivity contribution >= 4 is 23.7 Å². The van der Waals surface area contributed by atoms with Crippen LogP contribution in [0.5, 0.6) is 0 Å². The molecule has 1 aliphatic rings. The second-order valence-corrected chi connectivity index (χ2v) is 7.34. The van der Waals surface area contributed by atoms with Gasteiger partial charge in [-0.2, -0.15) is 11.8 Å². The molecule has 4 heteroatoms. The lowest BCUT2D eigenvalue weighted by atomic mass is 9.94. The molecule has 1 amide bonds. The number of thioether (sulfide) groups is 1. The van der Waals surface area contributed by atoms with Crippen molar-refractivity contribution in [2.45, 2.75) is 53.4 Å². The lowest BCUT2D eigenvalue weighted by molar-refractivity contribution is -0.116. The van der Waals surface area contributed by atoms with Crippen molar-refractivity contribution in [3.8, 4) is 0 Å².